The maximum atomic E-state index is 12.4. The number of allylic oxidation sites excluding steroid dienone is 6. The zero-order chi connectivity index (χ0) is 41.9. The maximum Gasteiger partial charge on any atom is 0.469 e. The first-order chi connectivity index (χ1) is 27.7. The number of hydrogen-bond donors (Lipinski definition) is 3. The fourth-order valence-corrected chi connectivity index (χ4v) is 6.81. The van der Waals surface area contributed by atoms with E-state index >= 15 is 0 Å². The van der Waals surface area contributed by atoms with Crippen LogP contribution in [0.15, 0.2) is 48.6 Å². The number of unbranched alkanes of at least 4 members (excludes halogenated alkanes) is 24. The summed E-state index contributed by atoms with van der Waals surface area (Å²) in [6, 6.07) is 0. The molecule has 0 saturated carbocycles. The molecule has 0 aliphatic carbocycles. The van der Waals surface area contributed by atoms with E-state index in [-0.39, 0.29) is 19.4 Å². The molecule has 0 aliphatic rings. The fourth-order valence-electron chi connectivity index (χ4n) is 6.45. The molecule has 0 radical (unpaired) electrons. The molecule has 2 atom stereocenters. The summed E-state index contributed by atoms with van der Waals surface area (Å²) < 4.78 is 26.4. The molecule has 0 saturated heterocycles. The Balaban J connectivity index is 3.97. The summed E-state index contributed by atoms with van der Waals surface area (Å²) in [6.45, 7) is 3.56. The predicted molar refractivity (Wildman–Crippen MR) is 236 cm³/mol. The average Bonchev–Trinajstić information content (AvgIpc) is 3.18. The third-order valence-electron chi connectivity index (χ3n) is 9.93. The standard InChI is InChI=1S/C47H85O9P/c1-3-5-7-9-11-12-13-14-15-16-17-18-19-20-21-22-23-24-28-32-36-40-46(49)54-42-45(43-55-57(51,52)53)56-47(50)41-37-33-29-25-27-31-35-39-44(48)38-34-30-26-10-8-6-4-2/h25-26,29-31,34-35,38,44-45,48H,3-24,27-28,32-33,36-37,39-43H2,1-2H3,(H2,51,52,53)/b29-25+,30-26-,35-31-,38-34-/t44-,45+/m0/s1. The van der Waals surface area contributed by atoms with Gasteiger partial charge in [-0.1, -0.05) is 204 Å². The van der Waals surface area contributed by atoms with E-state index in [0.29, 0.717) is 32.1 Å². The average molecular weight is 825 g/mol. The van der Waals surface area contributed by atoms with Crippen molar-refractivity contribution in [2.75, 3.05) is 13.2 Å². The molecule has 0 aromatic heterocycles. The maximum absolute atomic E-state index is 12.4. The van der Waals surface area contributed by atoms with Crippen molar-refractivity contribution in [2.24, 2.45) is 0 Å². The van der Waals surface area contributed by atoms with Gasteiger partial charge in [-0.15, -0.1) is 0 Å². The van der Waals surface area contributed by atoms with Gasteiger partial charge in [0.2, 0.25) is 0 Å². The van der Waals surface area contributed by atoms with Crippen molar-refractivity contribution in [3.8, 4) is 0 Å². The molecule has 0 rings (SSSR count). The van der Waals surface area contributed by atoms with Crippen LogP contribution in [0.1, 0.15) is 213 Å². The van der Waals surface area contributed by atoms with E-state index < -0.39 is 38.6 Å². The molecule has 0 bridgehead atoms. The summed E-state index contributed by atoms with van der Waals surface area (Å²) in [7, 11) is -4.79. The molecule has 0 spiro atoms. The quantitative estimate of drug-likeness (QED) is 0.0180. The molecule has 0 unspecified atom stereocenters. The summed E-state index contributed by atoms with van der Waals surface area (Å²) in [4.78, 5) is 42.9. The first kappa shape index (κ1) is 55.0. The lowest BCUT2D eigenvalue weighted by Gasteiger charge is -2.18. The summed E-state index contributed by atoms with van der Waals surface area (Å²) in [5, 5.41) is 10.0. The number of aliphatic hydroxyl groups excluding tert-OH is 1. The van der Waals surface area contributed by atoms with Gasteiger partial charge in [0, 0.05) is 12.8 Å². The van der Waals surface area contributed by atoms with Crippen molar-refractivity contribution < 1.29 is 43.0 Å². The second-order valence-corrected chi connectivity index (χ2v) is 16.8. The molecule has 332 valence electrons. The van der Waals surface area contributed by atoms with Crippen LogP contribution in [0, 0.1) is 0 Å². The van der Waals surface area contributed by atoms with Gasteiger partial charge in [-0.2, -0.15) is 0 Å². The molecule has 0 fully saturated rings. The molecule has 9 nitrogen and oxygen atoms in total. The summed E-state index contributed by atoms with van der Waals surface area (Å²) in [5.74, 6) is -0.985. The Kier molecular flexibility index (Phi) is 40.6. The van der Waals surface area contributed by atoms with Gasteiger partial charge in [0.15, 0.2) is 6.10 Å². The van der Waals surface area contributed by atoms with Gasteiger partial charge in [-0.05, 0) is 44.9 Å². The molecule has 0 aromatic carbocycles. The van der Waals surface area contributed by atoms with Crippen molar-refractivity contribution in [1.82, 2.24) is 0 Å². The Hall–Kier alpha value is -2.03. The number of phosphoric ester groups is 1. The largest absolute Gasteiger partial charge is 0.469 e. The second-order valence-electron chi connectivity index (χ2n) is 15.6. The lowest BCUT2D eigenvalue weighted by atomic mass is 10.0. The summed E-state index contributed by atoms with van der Waals surface area (Å²) >= 11 is 0. The van der Waals surface area contributed by atoms with Crippen molar-refractivity contribution in [2.45, 2.75) is 225 Å². The number of hydrogen-bond acceptors (Lipinski definition) is 7. The van der Waals surface area contributed by atoms with Gasteiger partial charge in [0.1, 0.15) is 6.61 Å². The highest BCUT2D eigenvalue weighted by atomic mass is 31.2. The number of ether oxygens (including phenoxy) is 2. The molecule has 0 aliphatic heterocycles. The van der Waals surface area contributed by atoms with Crippen LogP contribution in [0.25, 0.3) is 0 Å². The minimum atomic E-state index is -4.79. The molecular weight excluding hydrogens is 739 g/mol. The van der Waals surface area contributed by atoms with E-state index in [1.807, 2.05) is 36.5 Å². The van der Waals surface area contributed by atoms with Crippen LogP contribution in [0.5, 0.6) is 0 Å². The minimum absolute atomic E-state index is 0.103. The number of carbonyl (C=O) groups excluding carboxylic acids is 2. The van der Waals surface area contributed by atoms with Gasteiger partial charge in [0.05, 0.1) is 12.7 Å². The van der Waals surface area contributed by atoms with Gasteiger partial charge in [0.25, 0.3) is 0 Å². The number of esters is 2. The van der Waals surface area contributed by atoms with E-state index in [9.17, 15) is 19.3 Å². The van der Waals surface area contributed by atoms with Gasteiger partial charge < -0.3 is 24.4 Å². The molecule has 0 aromatic rings. The molecule has 10 heteroatoms. The van der Waals surface area contributed by atoms with Crippen LogP contribution in [0.4, 0.5) is 0 Å². The van der Waals surface area contributed by atoms with Crippen molar-refractivity contribution in [1.29, 1.82) is 0 Å². The smallest absolute Gasteiger partial charge is 0.462 e. The van der Waals surface area contributed by atoms with E-state index in [4.69, 9.17) is 19.3 Å². The van der Waals surface area contributed by atoms with E-state index in [1.165, 1.54) is 135 Å². The Morgan fingerprint density at radius 3 is 1.56 bits per heavy atom. The number of carbonyl (C=O) groups is 2. The van der Waals surface area contributed by atoms with Crippen LogP contribution in [-0.4, -0.2) is 52.3 Å². The fraction of sp³-hybridized carbons (Fsp3) is 0.787. The Morgan fingerprint density at radius 1 is 0.544 bits per heavy atom. The molecule has 3 N–H and O–H groups in total. The summed E-state index contributed by atoms with van der Waals surface area (Å²) in [5.41, 5.74) is 0. The zero-order valence-corrected chi connectivity index (χ0v) is 37.2. The molecule has 0 heterocycles. The number of rotatable bonds is 42. The van der Waals surface area contributed by atoms with E-state index in [2.05, 4.69) is 24.4 Å². The lowest BCUT2D eigenvalue weighted by Crippen LogP contribution is -2.29. The van der Waals surface area contributed by atoms with E-state index in [0.717, 1.165) is 19.3 Å². The Labute approximate surface area is 348 Å². The predicted octanol–water partition coefficient (Wildman–Crippen LogP) is 13.3. The minimum Gasteiger partial charge on any atom is -0.462 e. The highest BCUT2D eigenvalue weighted by Crippen LogP contribution is 2.36. The SMILES string of the molecule is CCCCC/C=C\C=C/[C@H](O)C/C=C\C/C=C/CCCC(=O)O[C@H](COC(=O)CCCCCCCCCCCCCCCCCCCCCCC)COP(=O)(O)O. The van der Waals surface area contributed by atoms with Crippen LogP contribution < -0.4 is 0 Å². The lowest BCUT2D eigenvalue weighted by molar-refractivity contribution is -0.161. The van der Waals surface area contributed by atoms with Crippen LogP contribution >= 0.6 is 7.82 Å². The highest BCUT2D eigenvalue weighted by Gasteiger charge is 2.22. The highest BCUT2D eigenvalue weighted by molar-refractivity contribution is 7.46. The van der Waals surface area contributed by atoms with Crippen LogP contribution in [0.2, 0.25) is 0 Å². The second kappa shape index (κ2) is 42.1. The first-order valence-electron chi connectivity index (χ1n) is 23.0. The van der Waals surface area contributed by atoms with Crippen molar-refractivity contribution in [3.05, 3.63) is 48.6 Å². The zero-order valence-electron chi connectivity index (χ0n) is 36.3. The third kappa shape index (κ3) is 44.9. The van der Waals surface area contributed by atoms with Gasteiger partial charge in [-0.25, -0.2) is 4.57 Å². The molecule has 0 amide bonds. The third-order valence-corrected chi connectivity index (χ3v) is 10.4. The number of phosphoric acid groups is 1. The van der Waals surface area contributed by atoms with Crippen LogP contribution in [-0.2, 0) is 28.2 Å². The monoisotopic (exact) mass is 825 g/mol. The van der Waals surface area contributed by atoms with Gasteiger partial charge in [-0.3, -0.25) is 14.1 Å². The summed E-state index contributed by atoms with van der Waals surface area (Å²) in [6.07, 6.45) is 48.7. The molecule has 57 heavy (non-hydrogen) atoms. The first-order valence-corrected chi connectivity index (χ1v) is 24.6. The number of aliphatic hydroxyl groups is 1. The van der Waals surface area contributed by atoms with E-state index in [1.54, 1.807) is 6.08 Å². The van der Waals surface area contributed by atoms with Gasteiger partial charge >= 0.3 is 19.8 Å². The molecular formula is C47H85O9P. The Morgan fingerprint density at radius 2 is 1.02 bits per heavy atom. The van der Waals surface area contributed by atoms with Crippen LogP contribution in [0.3, 0.4) is 0 Å². The topological polar surface area (TPSA) is 140 Å². The van der Waals surface area contributed by atoms with Crippen molar-refractivity contribution in [3.63, 3.8) is 0 Å². The Bertz CT molecular complexity index is 1080. The van der Waals surface area contributed by atoms with Crippen molar-refractivity contribution >= 4 is 19.8 Å². The normalized spacial score (nSPS) is 13.4.